The first-order chi connectivity index (χ1) is 7.61. The molecule has 1 rings (SSSR count). The van der Waals surface area contributed by atoms with Crippen LogP contribution in [0, 0.1) is 5.92 Å². The highest BCUT2D eigenvalue weighted by Gasteiger charge is 2.08. The molecule has 3 nitrogen and oxygen atoms in total. The summed E-state index contributed by atoms with van der Waals surface area (Å²) in [7, 11) is 0. The zero-order valence-corrected chi connectivity index (χ0v) is 10.4. The summed E-state index contributed by atoms with van der Waals surface area (Å²) in [5.41, 5.74) is 1.16. The zero-order chi connectivity index (χ0) is 12.0. The van der Waals surface area contributed by atoms with Crippen molar-refractivity contribution < 1.29 is 4.79 Å². The normalized spacial score (nSPS) is 12.2. The van der Waals surface area contributed by atoms with Crippen LogP contribution in [0.4, 0.5) is 0 Å². The van der Waals surface area contributed by atoms with Gasteiger partial charge in [0.2, 0.25) is 5.91 Å². The van der Waals surface area contributed by atoms with Crippen LogP contribution in [0.15, 0.2) is 18.3 Å². The van der Waals surface area contributed by atoms with Gasteiger partial charge in [-0.05, 0) is 30.0 Å². The number of amides is 1. The third kappa shape index (κ3) is 4.62. The Hall–Kier alpha value is -1.09. The molecule has 0 aliphatic carbocycles. The number of pyridine rings is 1. The van der Waals surface area contributed by atoms with Gasteiger partial charge >= 0.3 is 0 Å². The lowest BCUT2D eigenvalue weighted by atomic mass is 9.97. The second-order valence-electron chi connectivity index (χ2n) is 3.90. The first kappa shape index (κ1) is 13.0. The molecular weight excluding hydrogens is 224 g/mol. The minimum absolute atomic E-state index is 0.0196. The van der Waals surface area contributed by atoms with Gasteiger partial charge in [0.05, 0.1) is 0 Å². The Bertz CT molecular complexity index is 355. The molecule has 1 aromatic heterocycles. The minimum atomic E-state index is 0.0196. The van der Waals surface area contributed by atoms with Gasteiger partial charge in [-0.15, -0.1) is 0 Å². The van der Waals surface area contributed by atoms with Gasteiger partial charge in [0, 0.05) is 19.7 Å². The topological polar surface area (TPSA) is 42.0 Å². The van der Waals surface area contributed by atoms with Crippen molar-refractivity contribution >= 4 is 17.5 Å². The van der Waals surface area contributed by atoms with Gasteiger partial charge < -0.3 is 5.32 Å². The average Bonchev–Trinajstić information content (AvgIpc) is 2.24. The summed E-state index contributed by atoms with van der Waals surface area (Å²) in [6, 6.07) is 3.83. The Kier molecular flexibility index (Phi) is 5.26. The van der Waals surface area contributed by atoms with Crippen molar-refractivity contribution in [3.8, 4) is 0 Å². The van der Waals surface area contributed by atoms with Gasteiger partial charge in [0.25, 0.3) is 0 Å². The van der Waals surface area contributed by atoms with E-state index < -0.39 is 0 Å². The Morgan fingerprint density at radius 1 is 1.62 bits per heavy atom. The summed E-state index contributed by atoms with van der Waals surface area (Å²) in [6.07, 6.45) is 3.65. The molecule has 16 heavy (non-hydrogen) atoms. The minimum Gasteiger partial charge on any atom is -0.356 e. The van der Waals surface area contributed by atoms with Crippen LogP contribution < -0.4 is 5.32 Å². The van der Waals surface area contributed by atoms with Gasteiger partial charge in [-0.1, -0.05) is 24.9 Å². The second-order valence-corrected chi connectivity index (χ2v) is 4.29. The third-order valence-corrected chi connectivity index (χ3v) is 2.74. The fraction of sp³-hybridized carbons (Fsp3) is 0.500. The number of nitrogens with zero attached hydrogens (tertiary/aromatic N) is 1. The second kappa shape index (κ2) is 6.48. The molecule has 0 aliphatic heterocycles. The van der Waals surface area contributed by atoms with Crippen molar-refractivity contribution in [3.63, 3.8) is 0 Å². The number of carbonyl (C=O) groups excluding carboxylic acids is 1. The zero-order valence-electron chi connectivity index (χ0n) is 9.66. The van der Waals surface area contributed by atoms with Crippen LogP contribution in [0.3, 0.4) is 0 Å². The first-order valence-corrected chi connectivity index (χ1v) is 5.84. The van der Waals surface area contributed by atoms with E-state index in [1.54, 1.807) is 6.20 Å². The molecule has 0 radical (unpaired) electrons. The number of aromatic nitrogens is 1. The number of rotatable bonds is 5. The van der Waals surface area contributed by atoms with Gasteiger partial charge in [-0.25, -0.2) is 4.98 Å². The van der Waals surface area contributed by atoms with E-state index in [1.165, 1.54) is 6.92 Å². The summed E-state index contributed by atoms with van der Waals surface area (Å²) < 4.78 is 0. The average molecular weight is 241 g/mol. The van der Waals surface area contributed by atoms with Crippen molar-refractivity contribution in [2.75, 3.05) is 6.54 Å². The molecule has 1 amide bonds. The smallest absolute Gasteiger partial charge is 0.216 e. The predicted octanol–water partition coefficient (Wildman–Crippen LogP) is 2.44. The molecule has 1 aromatic rings. The van der Waals surface area contributed by atoms with Crippen LogP contribution >= 0.6 is 11.6 Å². The first-order valence-electron chi connectivity index (χ1n) is 5.46. The molecule has 1 unspecified atom stereocenters. The molecule has 0 bridgehead atoms. The molecule has 88 valence electrons. The fourth-order valence-corrected chi connectivity index (χ4v) is 1.75. The van der Waals surface area contributed by atoms with Crippen LogP contribution in [0.1, 0.15) is 25.8 Å². The highest BCUT2D eigenvalue weighted by molar-refractivity contribution is 6.29. The highest BCUT2D eigenvalue weighted by Crippen LogP contribution is 2.14. The number of hydrogen-bond acceptors (Lipinski definition) is 2. The number of carbonyl (C=O) groups is 1. The van der Waals surface area contributed by atoms with Gasteiger partial charge in [-0.3, -0.25) is 4.79 Å². The van der Waals surface area contributed by atoms with Crippen molar-refractivity contribution in [2.45, 2.75) is 26.7 Å². The molecule has 0 saturated heterocycles. The van der Waals surface area contributed by atoms with E-state index in [2.05, 4.69) is 17.2 Å². The number of nitrogens with one attached hydrogen (secondary N) is 1. The van der Waals surface area contributed by atoms with Crippen LogP contribution in [-0.2, 0) is 11.2 Å². The van der Waals surface area contributed by atoms with E-state index in [0.29, 0.717) is 17.6 Å². The molecule has 4 heteroatoms. The van der Waals surface area contributed by atoms with E-state index in [0.717, 1.165) is 18.4 Å². The standard InChI is InChI=1S/C12H17ClN2O/c1-3-10(8-15-9(2)16)6-11-4-5-14-12(13)7-11/h4-5,7,10H,3,6,8H2,1-2H3,(H,15,16). The maximum Gasteiger partial charge on any atom is 0.216 e. The lowest BCUT2D eigenvalue weighted by molar-refractivity contribution is -0.119. The molecule has 0 fully saturated rings. The van der Waals surface area contributed by atoms with Gasteiger partial charge in [-0.2, -0.15) is 0 Å². The Morgan fingerprint density at radius 3 is 2.94 bits per heavy atom. The van der Waals surface area contributed by atoms with Crippen LogP contribution in [0.5, 0.6) is 0 Å². The molecule has 0 aromatic carbocycles. The maximum atomic E-state index is 10.8. The molecular formula is C12H17ClN2O. The summed E-state index contributed by atoms with van der Waals surface area (Å²) in [4.78, 5) is 14.8. The SMILES string of the molecule is CCC(CNC(C)=O)Cc1ccnc(Cl)c1. The summed E-state index contributed by atoms with van der Waals surface area (Å²) >= 11 is 5.82. The quantitative estimate of drug-likeness (QED) is 0.804. The summed E-state index contributed by atoms with van der Waals surface area (Å²) in [5.74, 6) is 0.466. The molecule has 1 N–H and O–H groups in total. The van der Waals surface area contributed by atoms with Crippen LogP contribution in [-0.4, -0.2) is 17.4 Å². The van der Waals surface area contributed by atoms with Gasteiger partial charge in [0.15, 0.2) is 0 Å². The lowest BCUT2D eigenvalue weighted by Crippen LogP contribution is -2.27. The van der Waals surface area contributed by atoms with Crippen molar-refractivity contribution in [3.05, 3.63) is 29.0 Å². The van der Waals surface area contributed by atoms with Gasteiger partial charge in [0.1, 0.15) is 5.15 Å². The predicted molar refractivity (Wildman–Crippen MR) is 65.4 cm³/mol. The molecule has 1 atom stereocenters. The maximum absolute atomic E-state index is 10.8. The van der Waals surface area contributed by atoms with E-state index in [1.807, 2.05) is 12.1 Å². The van der Waals surface area contributed by atoms with E-state index in [-0.39, 0.29) is 5.91 Å². The van der Waals surface area contributed by atoms with Crippen LogP contribution in [0.25, 0.3) is 0 Å². The van der Waals surface area contributed by atoms with E-state index in [9.17, 15) is 4.79 Å². The third-order valence-electron chi connectivity index (χ3n) is 2.53. The Balaban J connectivity index is 2.52. The van der Waals surface area contributed by atoms with Crippen LogP contribution in [0.2, 0.25) is 5.15 Å². The molecule has 0 saturated carbocycles. The molecule has 0 aliphatic rings. The van der Waals surface area contributed by atoms with Crippen molar-refractivity contribution in [1.82, 2.24) is 10.3 Å². The summed E-state index contributed by atoms with van der Waals surface area (Å²) in [5, 5.41) is 3.36. The largest absolute Gasteiger partial charge is 0.356 e. The van der Waals surface area contributed by atoms with E-state index >= 15 is 0 Å². The van der Waals surface area contributed by atoms with Crippen molar-refractivity contribution in [1.29, 1.82) is 0 Å². The Labute approximate surface area is 101 Å². The lowest BCUT2D eigenvalue weighted by Gasteiger charge is -2.15. The Morgan fingerprint density at radius 2 is 2.38 bits per heavy atom. The monoisotopic (exact) mass is 240 g/mol. The van der Waals surface area contributed by atoms with Crippen molar-refractivity contribution in [2.24, 2.45) is 5.92 Å². The number of hydrogen-bond donors (Lipinski definition) is 1. The van der Waals surface area contributed by atoms with E-state index in [4.69, 9.17) is 11.6 Å². The fourth-order valence-electron chi connectivity index (χ4n) is 1.55. The molecule has 0 spiro atoms. The summed E-state index contributed by atoms with van der Waals surface area (Å²) in [6.45, 7) is 4.37. The molecule has 1 heterocycles. The highest BCUT2D eigenvalue weighted by atomic mass is 35.5. The number of halogens is 1.